The maximum Gasteiger partial charge on any atom is 0.230 e. The summed E-state index contributed by atoms with van der Waals surface area (Å²) in [5, 5.41) is 4.38. The van der Waals surface area contributed by atoms with Gasteiger partial charge < -0.3 is 14.5 Å². The number of nitrogens with one attached hydrogen (secondary N) is 1. The van der Waals surface area contributed by atoms with E-state index >= 15 is 0 Å². The number of aromatic nitrogens is 1. The molecular formula is C18H14N2O3S. The van der Waals surface area contributed by atoms with Crippen LogP contribution in [0.1, 0.15) is 5.56 Å². The highest BCUT2D eigenvalue weighted by Crippen LogP contribution is 2.27. The van der Waals surface area contributed by atoms with Gasteiger partial charge in [-0.25, -0.2) is 4.98 Å². The summed E-state index contributed by atoms with van der Waals surface area (Å²) in [5.41, 5.74) is 2.43. The van der Waals surface area contributed by atoms with Crippen LogP contribution in [0.5, 0.6) is 5.75 Å². The Morgan fingerprint density at radius 2 is 2.17 bits per heavy atom. The van der Waals surface area contributed by atoms with Crippen molar-refractivity contribution in [2.45, 2.75) is 6.42 Å². The molecule has 0 unspecified atom stereocenters. The quantitative estimate of drug-likeness (QED) is 0.605. The number of hydrogen-bond donors (Lipinski definition) is 1. The highest BCUT2D eigenvalue weighted by molar-refractivity contribution is 7.22. The number of hydrogen-bond acceptors (Lipinski definition) is 5. The second-order valence-corrected chi connectivity index (χ2v) is 6.37. The van der Waals surface area contributed by atoms with E-state index in [0.717, 1.165) is 26.9 Å². The Hall–Kier alpha value is -2.86. The van der Waals surface area contributed by atoms with Crippen LogP contribution in [0.15, 0.2) is 53.1 Å². The SMILES string of the molecule is COc1ccc2c(CC(=O)Nc3nc4ccccc4s3)coc2c1. The average molecular weight is 338 g/mol. The predicted octanol–water partition coefficient (Wildman–Crippen LogP) is 4.23. The summed E-state index contributed by atoms with van der Waals surface area (Å²) in [6.07, 6.45) is 1.84. The van der Waals surface area contributed by atoms with E-state index in [1.807, 2.05) is 42.5 Å². The molecule has 0 fully saturated rings. The zero-order valence-electron chi connectivity index (χ0n) is 12.9. The van der Waals surface area contributed by atoms with Crippen LogP contribution in [-0.2, 0) is 11.2 Å². The van der Waals surface area contributed by atoms with E-state index in [0.29, 0.717) is 10.7 Å². The van der Waals surface area contributed by atoms with E-state index < -0.39 is 0 Å². The normalized spacial score (nSPS) is 11.0. The molecular weight excluding hydrogens is 324 g/mol. The summed E-state index contributed by atoms with van der Waals surface area (Å²) in [5.74, 6) is 0.606. The van der Waals surface area contributed by atoms with Gasteiger partial charge in [-0.05, 0) is 24.3 Å². The number of fused-ring (bicyclic) bond motifs is 2. The van der Waals surface area contributed by atoms with E-state index in [-0.39, 0.29) is 12.3 Å². The number of furan rings is 1. The number of amides is 1. The van der Waals surface area contributed by atoms with Gasteiger partial charge in [0.1, 0.15) is 11.3 Å². The highest BCUT2D eigenvalue weighted by atomic mass is 32.1. The van der Waals surface area contributed by atoms with Gasteiger partial charge in [0.15, 0.2) is 5.13 Å². The fourth-order valence-electron chi connectivity index (χ4n) is 2.59. The first-order chi connectivity index (χ1) is 11.7. The van der Waals surface area contributed by atoms with Crippen molar-refractivity contribution in [2.24, 2.45) is 0 Å². The molecule has 4 aromatic rings. The topological polar surface area (TPSA) is 64.4 Å². The number of anilines is 1. The van der Waals surface area contributed by atoms with Crippen molar-refractivity contribution in [2.75, 3.05) is 12.4 Å². The van der Waals surface area contributed by atoms with E-state index in [9.17, 15) is 4.79 Å². The Morgan fingerprint density at radius 3 is 3.00 bits per heavy atom. The Labute approximate surface area is 141 Å². The first-order valence-electron chi connectivity index (χ1n) is 7.42. The van der Waals surface area contributed by atoms with Crippen LogP contribution < -0.4 is 10.1 Å². The lowest BCUT2D eigenvalue weighted by Gasteiger charge is -2.01. The summed E-state index contributed by atoms with van der Waals surface area (Å²) in [6.45, 7) is 0. The molecule has 1 amide bonds. The highest BCUT2D eigenvalue weighted by Gasteiger charge is 2.13. The molecule has 4 rings (SSSR count). The zero-order chi connectivity index (χ0) is 16.5. The number of rotatable bonds is 4. The summed E-state index contributed by atoms with van der Waals surface area (Å²) in [6, 6.07) is 13.4. The molecule has 6 heteroatoms. The summed E-state index contributed by atoms with van der Waals surface area (Å²) >= 11 is 1.46. The van der Waals surface area contributed by atoms with Gasteiger partial charge in [-0.15, -0.1) is 0 Å². The van der Waals surface area contributed by atoms with Gasteiger partial charge in [-0.3, -0.25) is 4.79 Å². The minimum atomic E-state index is -0.118. The van der Waals surface area contributed by atoms with Crippen LogP contribution >= 0.6 is 11.3 Å². The molecule has 120 valence electrons. The van der Waals surface area contributed by atoms with Crippen molar-refractivity contribution in [3.05, 3.63) is 54.3 Å². The zero-order valence-corrected chi connectivity index (χ0v) is 13.7. The molecule has 1 N–H and O–H groups in total. The van der Waals surface area contributed by atoms with Crippen LogP contribution in [0.25, 0.3) is 21.2 Å². The first kappa shape index (κ1) is 14.7. The Morgan fingerprint density at radius 1 is 1.29 bits per heavy atom. The van der Waals surface area contributed by atoms with E-state index in [2.05, 4.69) is 10.3 Å². The number of methoxy groups -OCH3 is 1. The van der Waals surface area contributed by atoms with Gasteiger partial charge in [0.05, 0.1) is 30.0 Å². The van der Waals surface area contributed by atoms with Crippen molar-refractivity contribution in [1.82, 2.24) is 4.98 Å². The van der Waals surface area contributed by atoms with Crippen LogP contribution in [-0.4, -0.2) is 18.0 Å². The van der Waals surface area contributed by atoms with Crippen LogP contribution in [0.3, 0.4) is 0 Å². The Bertz CT molecular complexity index is 1000. The van der Waals surface area contributed by atoms with Crippen LogP contribution in [0.2, 0.25) is 0 Å². The number of para-hydroxylation sites is 1. The van der Waals surface area contributed by atoms with Gasteiger partial charge in [-0.2, -0.15) is 0 Å². The monoisotopic (exact) mass is 338 g/mol. The molecule has 0 atom stereocenters. The Balaban J connectivity index is 1.53. The van der Waals surface area contributed by atoms with Crippen molar-refractivity contribution < 1.29 is 13.9 Å². The maximum atomic E-state index is 12.3. The first-order valence-corrected chi connectivity index (χ1v) is 8.24. The number of benzene rings is 2. The van der Waals surface area contributed by atoms with Crippen molar-refractivity contribution in [1.29, 1.82) is 0 Å². The third-order valence-corrected chi connectivity index (χ3v) is 4.71. The number of thiazole rings is 1. The second kappa shape index (κ2) is 5.98. The molecule has 5 nitrogen and oxygen atoms in total. The molecule has 0 saturated heterocycles. The average Bonchev–Trinajstić information content (AvgIpc) is 3.17. The predicted molar refractivity (Wildman–Crippen MR) is 94.7 cm³/mol. The molecule has 0 aliphatic heterocycles. The standard InChI is InChI=1S/C18H14N2O3S/c1-22-12-6-7-13-11(10-23-15(13)9-12)8-17(21)20-18-19-14-4-2-3-5-16(14)24-18/h2-7,9-10H,8H2,1H3,(H,19,20,21). The third kappa shape index (κ3) is 2.72. The van der Waals surface area contributed by atoms with Gasteiger partial charge >= 0.3 is 0 Å². The number of carbonyl (C=O) groups excluding carboxylic acids is 1. The fourth-order valence-corrected chi connectivity index (χ4v) is 3.47. The smallest absolute Gasteiger partial charge is 0.230 e. The summed E-state index contributed by atoms with van der Waals surface area (Å²) in [4.78, 5) is 16.7. The van der Waals surface area contributed by atoms with Crippen molar-refractivity contribution in [3.63, 3.8) is 0 Å². The lowest BCUT2D eigenvalue weighted by atomic mass is 10.1. The fraction of sp³-hybridized carbons (Fsp3) is 0.111. The molecule has 24 heavy (non-hydrogen) atoms. The number of ether oxygens (including phenoxy) is 1. The van der Waals surface area contributed by atoms with Gasteiger partial charge in [0.2, 0.25) is 5.91 Å². The van der Waals surface area contributed by atoms with Gasteiger partial charge in [0, 0.05) is 17.0 Å². The third-order valence-electron chi connectivity index (χ3n) is 3.75. The summed E-state index contributed by atoms with van der Waals surface area (Å²) in [7, 11) is 1.61. The molecule has 0 aliphatic rings. The molecule has 0 saturated carbocycles. The second-order valence-electron chi connectivity index (χ2n) is 5.33. The molecule has 2 heterocycles. The maximum absolute atomic E-state index is 12.3. The van der Waals surface area contributed by atoms with Gasteiger partial charge in [-0.1, -0.05) is 23.5 Å². The molecule has 0 spiro atoms. The summed E-state index contributed by atoms with van der Waals surface area (Å²) < 4.78 is 11.7. The van der Waals surface area contributed by atoms with Crippen molar-refractivity contribution >= 4 is 43.6 Å². The molecule has 0 bridgehead atoms. The van der Waals surface area contributed by atoms with Crippen LogP contribution in [0, 0.1) is 0 Å². The molecule has 2 aromatic heterocycles. The minimum Gasteiger partial charge on any atom is -0.497 e. The Kier molecular flexibility index (Phi) is 3.66. The molecule has 2 aromatic carbocycles. The van der Waals surface area contributed by atoms with Crippen molar-refractivity contribution in [3.8, 4) is 5.75 Å². The molecule has 0 radical (unpaired) electrons. The van der Waals surface area contributed by atoms with Crippen LogP contribution in [0.4, 0.5) is 5.13 Å². The molecule has 0 aliphatic carbocycles. The number of nitrogens with zero attached hydrogens (tertiary/aromatic N) is 1. The van der Waals surface area contributed by atoms with E-state index in [4.69, 9.17) is 9.15 Å². The lowest BCUT2D eigenvalue weighted by Crippen LogP contribution is -2.13. The largest absolute Gasteiger partial charge is 0.497 e. The number of carbonyl (C=O) groups is 1. The van der Waals surface area contributed by atoms with Gasteiger partial charge in [0.25, 0.3) is 0 Å². The van der Waals surface area contributed by atoms with E-state index in [1.165, 1.54) is 11.3 Å². The minimum absolute atomic E-state index is 0.118. The van der Waals surface area contributed by atoms with E-state index in [1.54, 1.807) is 13.4 Å². The lowest BCUT2D eigenvalue weighted by molar-refractivity contribution is -0.115.